The lowest BCUT2D eigenvalue weighted by Gasteiger charge is -2.20. The molecular formula is C15H14N2O2. The normalized spacial score (nSPS) is 13.1. The van der Waals surface area contributed by atoms with Gasteiger partial charge >= 0.3 is 0 Å². The van der Waals surface area contributed by atoms with Crippen molar-refractivity contribution in [2.24, 2.45) is 0 Å². The lowest BCUT2D eigenvalue weighted by Crippen LogP contribution is -2.15. The van der Waals surface area contributed by atoms with Gasteiger partial charge in [0.15, 0.2) is 11.5 Å². The van der Waals surface area contributed by atoms with Gasteiger partial charge in [0.1, 0.15) is 19.3 Å². The molecule has 2 heterocycles. The Labute approximate surface area is 111 Å². The molecule has 0 fully saturated rings. The Bertz CT molecular complexity index is 680. The van der Waals surface area contributed by atoms with Gasteiger partial charge in [-0.25, -0.2) is 0 Å². The molecule has 0 unspecified atom stereocenters. The van der Waals surface area contributed by atoms with Crippen LogP contribution in [0.1, 0.15) is 17.0 Å². The second kappa shape index (κ2) is 4.36. The van der Waals surface area contributed by atoms with Crippen LogP contribution in [-0.4, -0.2) is 17.8 Å². The highest BCUT2D eigenvalue weighted by Crippen LogP contribution is 2.33. The summed E-state index contributed by atoms with van der Waals surface area (Å²) in [5, 5.41) is 9.09. The largest absolute Gasteiger partial charge is 0.486 e. The zero-order valence-corrected chi connectivity index (χ0v) is 10.9. The van der Waals surface area contributed by atoms with E-state index < -0.39 is 0 Å². The second-order valence-electron chi connectivity index (χ2n) is 4.56. The Balaban J connectivity index is 2.13. The van der Waals surface area contributed by atoms with Crippen LogP contribution in [0.15, 0.2) is 24.3 Å². The monoisotopic (exact) mass is 254 g/mol. The molecule has 3 rings (SSSR count). The van der Waals surface area contributed by atoms with Crippen molar-refractivity contribution < 1.29 is 9.47 Å². The van der Waals surface area contributed by atoms with Crippen molar-refractivity contribution in [1.29, 1.82) is 5.26 Å². The van der Waals surface area contributed by atoms with Crippen LogP contribution in [0.3, 0.4) is 0 Å². The summed E-state index contributed by atoms with van der Waals surface area (Å²) in [4.78, 5) is 0. The Morgan fingerprint density at radius 2 is 1.84 bits per heavy atom. The van der Waals surface area contributed by atoms with Crippen LogP contribution in [0.25, 0.3) is 5.69 Å². The average molecular weight is 254 g/mol. The van der Waals surface area contributed by atoms with E-state index in [0.717, 1.165) is 28.6 Å². The van der Waals surface area contributed by atoms with Crippen LogP contribution in [0.4, 0.5) is 0 Å². The highest BCUT2D eigenvalue weighted by atomic mass is 16.6. The molecule has 0 bridgehead atoms. The number of rotatable bonds is 1. The molecular weight excluding hydrogens is 240 g/mol. The van der Waals surface area contributed by atoms with Crippen molar-refractivity contribution >= 4 is 0 Å². The number of nitrogens with zero attached hydrogens (tertiary/aromatic N) is 2. The molecule has 2 aromatic rings. The van der Waals surface area contributed by atoms with E-state index in [1.165, 1.54) is 0 Å². The first-order valence-electron chi connectivity index (χ1n) is 6.20. The fourth-order valence-corrected chi connectivity index (χ4v) is 2.44. The van der Waals surface area contributed by atoms with Gasteiger partial charge in [0, 0.05) is 23.1 Å². The third-order valence-electron chi connectivity index (χ3n) is 3.34. The van der Waals surface area contributed by atoms with Gasteiger partial charge in [-0.3, -0.25) is 0 Å². The van der Waals surface area contributed by atoms with Gasteiger partial charge in [-0.1, -0.05) is 0 Å². The van der Waals surface area contributed by atoms with E-state index in [2.05, 4.69) is 10.6 Å². The first-order valence-corrected chi connectivity index (χ1v) is 6.20. The van der Waals surface area contributed by atoms with E-state index in [4.69, 9.17) is 14.7 Å². The predicted molar refractivity (Wildman–Crippen MR) is 70.9 cm³/mol. The highest BCUT2D eigenvalue weighted by molar-refractivity contribution is 5.53. The lowest BCUT2D eigenvalue weighted by molar-refractivity contribution is 0.171. The van der Waals surface area contributed by atoms with Crippen molar-refractivity contribution in [3.05, 3.63) is 41.2 Å². The summed E-state index contributed by atoms with van der Waals surface area (Å²) in [5.41, 5.74) is 3.66. The summed E-state index contributed by atoms with van der Waals surface area (Å²) >= 11 is 0. The number of ether oxygens (including phenoxy) is 2. The van der Waals surface area contributed by atoms with Crippen molar-refractivity contribution in [2.45, 2.75) is 13.8 Å². The Morgan fingerprint density at radius 1 is 1.11 bits per heavy atom. The van der Waals surface area contributed by atoms with E-state index in [1.807, 2.05) is 38.1 Å². The molecule has 96 valence electrons. The third kappa shape index (κ3) is 1.84. The Kier molecular flexibility index (Phi) is 2.68. The van der Waals surface area contributed by atoms with Gasteiger partial charge < -0.3 is 14.0 Å². The van der Waals surface area contributed by atoms with Gasteiger partial charge in [0.05, 0.1) is 5.56 Å². The molecule has 0 amide bonds. The van der Waals surface area contributed by atoms with Crippen LogP contribution >= 0.6 is 0 Å². The summed E-state index contributed by atoms with van der Waals surface area (Å²) < 4.78 is 13.2. The number of benzene rings is 1. The lowest BCUT2D eigenvalue weighted by atomic mass is 10.2. The smallest absolute Gasteiger partial charge is 0.163 e. The molecule has 0 N–H and O–H groups in total. The predicted octanol–water partition coefficient (Wildman–Crippen LogP) is 2.74. The van der Waals surface area contributed by atoms with E-state index in [9.17, 15) is 0 Å². The number of aryl methyl sites for hydroxylation is 1. The third-order valence-corrected chi connectivity index (χ3v) is 3.34. The Morgan fingerprint density at radius 3 is 2.53 bits per heavy atom. The Hall–Kier alpha value is -2.41. The topological polar surface area (TPSA) is 47.2 Å². The van der Waals surface area contributed by atoms with Crippen LogP contribution in [-0.2, 0) is 0 Å². The molecule has 1 aromatic heterocycles. The molecule has 4 nitrogen and oxygen atoms in total. The molecule has 0 saturated carbocycles. The molecule has 4 heteroatoms. The fourth-order valence-electron chi connectivity index (χ4n) is 2.44. The summed E-state index contributed by atoms with van der Waals surface area (Å²) in [5.74, 6) is 1.53. The van der Waals surface area contributed by atoms with Crippen molar-refractivity contribution in [2.75, 3.05) is 13.2 Å². The minimum Gasteiger partial charge on any atom is -0.486 e. The van der Waals surface area contributed by atoms with E-state index in [0.29, 0.717) is 18.8 Å². The highest BCUT2D eigenvalue weighted by Gasteiger charge is 2.15. The molecule has 1 aliphatic rings. The van der Waals surface area contributed by atoms with Gasteiger partial charge in [0.2, 0.25) is 0 Å². The molecule has 0 saturated heterocycles. The van der Waals surface area contributed by atoms with Gasteiger partial charge in [-0.15, -0.1) is 0 Å². The fraction of sp³-hybridized carbons (Fsp3) is 0.267. The molecule has 19 heavy (non-hydrogen) atoms. The maximum Gasteiger partial charge on any atom is 0.163 e. The van der Waals surface area contributed by atoms with E-state index >= 15 is 0 Å². The van der Waals surface area contributed by atoms with Crippen LogP contribution in [0.2, 0.25) is 0 Å². The van der Waals surface area contributed by atoms with Gasteiger partial charge in [0.25, 0.3) is 0 Å². The maximum absolute atomic E-state index is 9.09. The van der Waals surface area contributed by atoms with Crippen molar-refractivity contribution in [3.63, 3.8) is 0 Å². The van der Waals surface area contributed by atoms with Gasteiger partial charge in [-0.05, 0) is 32.0 Å². The van der Waals surface area contributed by atoms with E-state index in [-0.39, 0.29) is 0 Å². The summed E-state index contributed by atoms with van der Waals surface area (Å²) in [6, 6.07) is 9.95. The van der Waals surface area contributed by atoms with Crippen molar-refractivity contribution in [3.8, 4) is 23.3 Å². The molecule has 0 spiro atoms. The number of nitriles is 1. The number of fused-ring (bicyclic) bond motifs is 1. The molecule has 0 atom stereocenters. The number of hydrogen-bond donors (Lipinski definition) is 0. The summed E-state index contributed by atoms with van der Waals surface area (Å²) in [6.07, 6.45) is 0. The first kappa shape index (κ1) is 11.7. The average Bonchev–Trinajstić information content (AvgIpc) is 2.73. The minimum atomic E-state index is 0.573. The minimum absolute atomic E-state index is 0.573. The number of aromatic nitrogens is 1. The summed E-state index contributed by atoms with van der Waals surface area (Å²) in [6.45, 7) is 5.10. The second-order valence-corrected chi connectivity index (χ2v) is 4.56. The molecule has 1 aromatic carbocycles. The van der Waals surface area contributed by atoms with Gasteiger partial charge in [-0.2, -0.15) is 5.26 Å². The zero-order chi connectivity index (χ0) is 13.4. The molecule has 1 aliphatic heterocycles. The quantitative estimate of drug-likeness (QED) is 0.786. The zero-order valence-electron chi connectivity index (χ0n) is 10.9. The van der Waals surface area contributed by atoms with Crippen LogP contribution < -0.4 is 9.47 Å². The van der Waals surface area contributed by atoms with Crippen molar-refractivity contribution in [1.82, 2.24) is 4.57 Å². The van der Waals surface area contributed by atoms with E-state index in [1.54, 1.807) is 0 Å². The molecule has 0 aliphatic carbocycles. The first-order chi connectivity index (χ1) is 9.20. The van der Waals surface area contributed by atoms with Crippen LogP contribution in [0, 0.1) is 25.2 Å². The summed E-state index contributed by atoms with van der Waals surface area (Å²) in [7, 11) is 0. The standard InChI is InChI=1S/C15H14N2O2/c1-10-7-12(9-16)11(2)17(10)13-3-4-14-15(8-13)19-6-5-18-14/h3-4,7-8H,5-6H2,1-2H3. The SMILES string of the molecule is Cc1cc(C#N)c(C)n1-c1ccc2c(c1)OCCO2. The molecule has 0 radical (unpaired) electrons. The number of hydrogen-bond acceptors (Lipinski definition) is 3. The van der Waals surface area contributed by atoms with Crippen LogP contribution in [0.5, 0.6) is 11.5 Å². The maximum atomic E-state index is 9.09.